The van der Waals surface area contributed by atoms with Gasteiger partial charge in [-0.05, 0) is 35.8 Å². The van der Waals surface area contributed by atoms with Gasteiger partial charge in [0.25, 0.3) is 0 Å². The van der Waals surface area contributed by atoms with Gasteiger partial charge < -0.3 is 5.32 Å². The van der Waals surface area contributed by atoms with Crippen molar-refractivity contribution in [3.05, 3.63) is 47.5 Å². The molecule has 0 radical (unpaired) electrons. The van der Waals surface area contributed by atoms with Gasteiger partial charge in [-0.15, -0.1) is 0 Å². The van der Waals surface area contributed by atoms with Gasteiger partial charge in [0.2, 0.25) is 0 Å². The first-order valence-corrected chi connectivity index (χ1v) is 8.68. The standard InChI is InChI=1S/C15H20N2S2/c1-3-7-13(8-4-1)15(16-11-12-18-15)19-17-14-9-5-2-6-10-14/h1,3-4,7-8,11-12,14,16-17H,2,5-6,9-10H2. The van der Waals surface area contributed by atoms with Crippen LogP contribution in [0, 0.1) is 0 Å². The van der Waals surface area contributed by atoms with E-state index < -0.39 is 0 Å². The van der Waals surface area contributed by atoms with Crippen LogP contribution in [0.4, 0.5) is 0 Å². The Kier molecular flexibility index (Phi) is 4.41. The third-order valence-electron chi connectivity index (χ3n) is 3.70. The lowest BCUT2D eigenvalue weighted by atomic mass is 9.96. The van der Waals surface area contributed by atoms with Gasteiger partial charge >= 0.3 is 0 Å². The molecule has 0 amide bonds. The molecule has 1 atom stereocenters. The molecule has 0 aromatic heterocycles. The topological polar surface area (TPSA) is 24.1 Å². The molecule has 0 spiro atoms. The number of thioether (sulfide) groups is 1. The molecule has 1 heterocycles. The van der Waals surface area contributed by atoms with E-state index in [0.717, 1.165) is 0 Å². The molecule has 19 heavy (non-hydrogen) atoms. The number of hydrogen-bond donors (Lipinski definition) is 2. The Morgan fingerprint density at radius 1 is 1.16 bits per heavy atom. The van der Waals surface area contributed by atoms with E-state index in [4.69, 9.17) is 0 Å². The summed E-state index contributed by atoms with van der Waals surface area (Å²) in [5.74, 6) is 0. The first-order chi connectivity index (χ1) is 9.39. The fraction of sp³-hybridized carbons (Fsp3) is 0.467. The summed E-state index contributed by atoms with van der Waals surface area (Å²) < 4.78 is 3.60. The van der Waals surface area contributed by atoms with Gasteiger partial charge in [0, 0.05) is 12.2 Å². The first-order valence-electron chi connectivity index (χ1n) is 6.99. The van der Waals surface area contributed by atoms with E-state index in [9.17, 15) is 0 Å². The van der Waals surface area contributed by atoms with E-state index in [1.54, 1.807) is 0 Å². The Morgan fingerprint density at radius 2 is 1.95 bits per heavy atom. The highest BCUT2D eigenvalue weighted by Gasteiger charge is 2.35. The molecule has 1 saturated carbocycles. The van der Waals surface area contributed by atoms with Gasteiger partial charge in [-0.1, -0.05) is 61.4 Å². The Morgan fingerprint density at radius 3 is 2.63 bits per heavy atom. The van der Waals surface area contributed by atoms with Crippen LogP contribution >= 0.6 is 23.7 Å². The highest BCUT2D eigenvalue weighted by Crippen LogP contribution is 2.46. The van der Waals surface area contributed by atoms with Crippen LogP contribution in [-0.2, 0) is 4.20 Å². The van der Waals surface area contributed by atoms with Crippen LogP contribution in [0.1, 0.15) is 37.7 Å². The Balaban J connectivity index is 1.67. The van der Waals surface area contributed by atoms with E-state index in [1.807, 2.05) is 29.9 Å². The van der Waals surface area contributed by atoms with E-state index in [2.05, 4.69) is 45.8 Å². The molecule has 3 rings (SSSR count). The molecule has 1 unspecified atom stereocenters. The monoisotopic (exact) mass is 292 g/mol. The zero-order valence-electron chi connectivity index (χ0n) is 11.0. The molecule has 1 fully saturated rings. The van der Waals surface area contributed by atoms with E-state index in [-0.39, 0.29) is 4.20 Å². The molecule has 2 nitrogen and oxygen atoms in total. The third-order valence-corrected chi connectivity index (χ3v) is 6.29. The van der Waals surface area contributed by atoms with Crippen molar-refractivity contribution in [2.24, 2.45) is 0 Å². The second-order valence-corrected chi connectivity index (χ2v) is 7.53. The maximum atomic E-state index is 3.70. The molecule has 1 aromatic rings. The summed E-state index contributed by atoms with van der Waals surface area (Å²) in [6.07, 6.45) is 8.82. The highest BCUT2D eigenvalue weighted by molar-refractivity contribution is 8.18. The molecule has 2 aliphatic rings. The largest absolute Gasteiger partial charge is 0.363 e. The molecule has 4 heteroatoms. The highest BCUT2D eigenvalue weighted by atomic mass is 32.2. The van der Waals surface area contributed by atoms with Crippen LogP contribution in [0.5, 0.6) is 0 Å². The Hall–Kier alpha value is -0.580. The van der Waals surface area contributed by atoms with Crippen molar-refractivity contribution in [1.29, 1.82) is 0 Å². The smallest absolute Gasteiger partial charge is 0.174 e. The quantitative estimate of drug-likeness (QED) is 0.813. The minimum Gasteiger partial charge on any atom is -0.363 e. The van der Waals surface area contributed by atoms with Crippen LogP contribution in [0.25, 0.3) is 0 Å². The summed E-state index contributed by atoms with van der Waals surface area (Å²) in [4.78, 5) is 0. The Bertz CT molecular complexity index is 419. The zero-order chi connectivity index (χ0) is 13.0. The Labute approximate surface area is 123 Å². The van der Waals surface area contributed by atoms with Crippen LogP contribution in [0.3, 0.4) is 0 Å². The summed E-state index contributed by atoms with van der Waals surface area (Å²) in [6.45, 7) is 0. The maximum Gasteiger partial charge on any atom is 0.174 e. The number of hydrogen-bond acceptors (Lipinski definition) is 4. The zero-order valence-corrected chi connectivity index (χ0v) is 12.6. The van der Waals surface area contributed by atoms with Gasteiger partial charge in [0.05, 0.1) is 0 Å². The number of benzene rings is 1. The van der Waals surface area contributed by atoms with Crippen molar-refractivity contribution in [2.75, 3.05) is 0 Å². The fourth-order valence-electron chi connectivity index (χ4n) is 2.62. The molecule has 102 valence electrons. The van der Waals surface area contributed by atoms with Crippen molar-refractivity contribution in [2.45, 2.75) is 42.3 Å². The molecule has 0 bridgehead atoms. The molecular formula is C15H20N2S2. The normalized spacial score (nSPS) is 27.4. The van der Waals surface area contributed by atoms with Gasteiger partial charge in [-0.2, -0.15) is 0 Å². The van der Waals surface area contributed by atoms with Crippen molar-refractivity contribution < 1.29 is 0 Å². The summed E-state index contributed by atoms with van der Waals surface area (Å²) >= 11 is 3.67. The van der Waals surface area contributed by atoms with Crippen molar-refractivity contribution in [1.82, 2.24) is 10.0 Å². The first kappa shape index (κ1) is 13.4. The summed E-state index contributed by atoms with van der Waals surface area (Å²) in [5.41, 5.74) is 1.32. The lowest BCUT2D eigenvalue weighted by Crippen LogP contribution is -2.36. The third kappa shape index (κ3) is 3.12. The van der Waals surface area contributed by atoms with Gasteiger partial charge in [0.15, 0.2) is 4.20 Å². The molecule has 2 N–H and O–H groups in total. The number of rotatable bonds is 4. The summed E-state index contributed by atoms with van der Waals surface area (Å²) in [5, 5.41) is 5.65. The minimum absolute atomic E-state index is 0.0985. The maximum absolute atomic E-state index is 3.70. The average molecular weight is 292 g/mol. The molecule has 1 aliphatic carbocycles. The van der Waals surface area contributed by atoms with Gasteiger partial charge in [0.1, 0.15) is 0 Å². The lowest BCUT2D eigenvalue weighted by Gasteiger charge is -2.32. The van der Waals surface area contributed by atoms with Crippen LogP contribution in [0.2, 0.25) is 0 Å². The molecule has 0 saturated heterocycles. The molecule has 1 aliphatic heterocycles. The predicted molar refractivity (Wildman–Crippen MR) is 85.6 cm³/mol. The van der Waals surface area contributed by atoms with Gasteiger partial charge in [-0.3, -0.25) is 4.72 Å². The second kappa shape index (κ2) is 6.25. The molecular weight excluding hydrogens is 272 g/mol. The predicted octanol–water partition coefficient (Wildman–Crippen LogP) is 4.18. The summed E-state index contributed by atoms with van der Waals surface area (Å²) in [6, 6.07) is 11.4. The van der Waals surface area contributed by atoms with Crippen molar-refractivity contribution in [3.63, 3.8) is 0 Å². The van der Waals surface area contributed by atoms with E-state index in [0.29, 0.717) is 6.04 Å². The average Bonchev–Trinajstić information content (AvgIpc) is 2.97. The van der Waals surface area contributed by atoms with Crippen LogP contribution in [0.15, 0.2) is 41.9 Å². The summed E-state index contributed by atoms with van der Waals surface area (Å²) in [7, 11) is 0. The van der Waals surface area contributed by atoms with Crippen molar-refractivity contribution >= 4 is 23.7 Å². The van der Waals surface area contributed by atoms with E-state index >= 15 is 0 Å². The van der Waals surface area contributed by atoms with E-state index in [1.165, 1.54) is 37.7 Å². The van der Waals surface area contributed by atoms with Crippen LogP contribution in [-0.4, -0.2) is 6.04 Å². The van der Waals surface area contributed by atoms with Gasteiger partial charge in [-0.25, -0.2) is 0 Å². The minimum atomic E-state index is -0.0985. The van der Waals surface area contributed by atoms with Crippen LogP contribution < -0.4 is 10.0 Å². The fourth-order valence-corrected chi connectivity index (χ4v) is 4.80. The SMILES string of the molecule is C1=CSC(SNC2CCCCC2)(c2ccccc2)N1. The van der Waals surface area contributed by atoms with Crippen molar-refractivity contribution in [3.8, 4) is 0 Å². The lowest BCUT2D eigenvalue weighted by molar-refractivity contribution is 0.422. The number of nitrogens with one attached hydrogen (secondary N) is 2. The second-order valence-electron chi connectivity index (χ2n) is 5.10. The molecule has 1 aromatic carbocycles.